The summed E-state index contributed by atoms with van der Waals surface area (Å²) in [6.45, 7) is 3.77. The lowest BCUT2D eigenvalue weighted by atomic mass is 10.1. The molecule has 1 aromatic rings. The molecule has 1 heterocycles. The second-order valence-corrected chi connectivity index (χ2v) is 4.12. The molecule has 1 fully saturated rings. The molecule has 1 aromatic carbocycles. The summed E-state index contributed by atoms with van der Waals surface area (Å²) >= 11 is 5.82. The van der Waals surface area contributed by atoms with Crippen molar-refractivity contribution in [1.29, 1.82) is 0 Å². The molecular weight excluding hydrogens is 198 g/mol. The molecule has 1 N–H and O–H groups in total. The summed E-state index contributed by atoms with van der Waals surface area (Å²) in [4.78, 5) is 0. The van der Waals surface area contributed by atoms with Gasteiger partial charge in [0.05, 0.1) is 12.7 Å². The van der Waals surface area contributed by atoms with Crippen LogP contribution in [0.25, 0.3) is 0 Å². The first-order chi connectivity index (χ1) is 6.75. The Hall–Kier alpha value is -0.570. The maximum atomic E-state index is 5.82. The zero-order valence-corrected chi connectivity index (χ0v) is 8.92. The molecule has 1 unspecified atom stereocenters. The third kappa shape index (κ3) is 2.27. The van der Waals surface area contributed by atoms with Crippen LogP contribution < -0.4 is 5.32 Å². The third-order valence-corrected chi connectivity index (χ3v) is 2.69. The standard InChI is InChI=1S/C11H14ClNO/c1-8-7-14-11(6-13-8)9-2-4-10(12)5-3-9/h2-5,8,11,13H,6-7H2,1H3/t8-,11?/m1/s1. The highest BCUT2D eigenvalue weighted by molar-refractivity contribution is 6.30. The molecule has 0 spiro atoms. The van der Waals surface area contributed by atoms with E-state index in [2.05, 4.69) is 12.2 Å². The second kappa shape index (κ2) is 4.30. The highest BCUT2D eigenvalue weighted by Gasteiger charge is 2.18. The van der Waals surface area contributed by atoms with E-state index >= 15 is 0 Å². The van der Waals surface area contributed by atoms with Crippen LogP contribution in [0, 0.1) is 0 Å². The average molecular weight is 212 g/mol. The van der Waals surface area contributed by atoms with Gasteiger partial charge in [0.15, 0.2) is 0 Å². The molecule has 1 aliphatic rings. The van der Waals surface area contributed by atoms with Gasteiger partial charge in [0.1, 0.15) is 0 Å². The minimum Gasteiger partial charge on any atom is -0.371 e. The molecule has 0 amide bonds. The van der Waals surface area contributed by atoms with E-state index in [1.54, 1.807) is 0 Å². The second-order valence-electron chi connectivity index (χ2n) is 3.68. The number of halogens is 1. The van der Waals surface area contributed by atoms with Gasteiger partial charge in [0, 0.05) is 17.6 Å². The minimum atomic E-state index is 0.170. The number of benzene rings is 1. The molecule has 76 valence electrons. The number of hydrogen-bond donors (Lipinski definition) is 1. The zero-order valence-electron chi connectivity index (χ0n) is 8.16. The van der Waals surface area contributed by atoms with Gasteiger partial charge in [-0.3, -0.25) is 0 Å². The summed E-state index contributed by atoms with van der Waals surface area (Å²) in [5.41, 5.74) is 1.19. The van der Waals surface area contributed by atoms with Crippen LogP contribution >= 0.6 is 11.6 Å². The van der Waals surface area contributed by atoms with Crippen LogP contribution in [0.15, 0.2) is 24.3 Å². The first-order valence-electron chi connectivity index (χ1n) is 4.86. The van der Waals surface area contributed by atoms with Crippen LogP contribution in [0.1, 0.15) is 18.6 Å². The highest BCUT2D eigenvalue weighted by atomic mass is 35.5. The summed E-state index contributed by atoms with van der Waals surface area (Å²) < 4.78 is 5.71. The quantitative estimate of drug-likeness (QED) is 0.770. The Labute approximate surface area is 89.2 Å². The first kappa shape index (κ1) is 9.97. The maximum absolute atomic E-state index is 5.82. The van der Waals surface area contributed by atoms with E-state index in [4.69, 9.17) is 16.3 Å². The summed E-state index contributed by atoms with van der Waals surface area (Å²) in [6.07, 6.45) is 0.170. The van der Waals surface area contributed by atoms with Crippen LogP contribution in [0.5, 0.6) is 0 Å². The van der Waals surface area contributed by atoms with Gasteiger partial charge < -0.3 is 10.1 Å². The molecule has 2 rings (SSSR count). The Kier molecular flexibility index (Phi) is 3.06. The fourth-order valence-electron chi connectivity index (χ4n) is 1.58. The summed E-state index contributed by atoms with van der Waals surface area (Å²) in [5.74, 6) is 0. The molecule has 0 bridgehead atoms. The van der Waals surface area contributed by atoms with Crippen molar-refractivity contribution in [1.82, 2.24) is 5.32 Å². The van der Waals surface area contributed by atoms with Gasteiger partial charge in [0.25, 0.3) is 0 Å². The van der Waals surface area contributed by atoms with Gasteiger partial charge in [-0.1, -0.05) is 23.7 Å². The Morgan fingerprint density at radius 2 is 2.07 bits per heavy atom. The molecule has 0 aliphatic carbocycles. The van der Waals surface area contributed by atoms with Crippen molar-refractivity contribution >= 4 is 11.6 Å². The Morgan fingerprint density at radius 1 is 1.36 bits per heavy atom. The molecule has 2 nitrogen and oxygen atoms in total. The molecule has 14 heavy (non-hydrogen) atoms. The van der Waals surface area contributed by atoms with Crippen LogP contribution in [0.3, 0.4) is 0 Å². The topological polar surface area (TPSA) is 21.3 Å². The number of hydrogen-bond acceptors (Lipinski definition) is 2. The van der Waals surface area contributed by atoms with Crippen molar-refractivity contribution < 1.29 is 4.74 Å². The maximum Gasteiger partial charge on any atom is 0.0950 e. The summed E-state index contributed by atoms with van der Waals surface area (Å²) in [7, 11) is 0. The Balaban J connectivity index is 2.05. The summed E-state index contributed by atoms with van der Waals surface area (Å²) in [6, 6.07) is 8.30. The SMILES string of the molecule is C[C@@H]1COC(c2ccc(Cl)cc2)CN1. The molecule has 3 heteroatoms. The van der Waals surface area contributed by atoms with Crippen molar-refractivity contribution in [2.45, 2.75) is 19.1 Å². The molecule has 2 atom stereocenters. The van der Waals surface area contributed by atoms with Gasteiger partial charge >= 0.3 is 0 Å². The van der Waals surface area contributed by atoms with E-state index < -0.39 is 0 Å². The molecule has 1 aliphatic heterocycles. The normalized spacial score (nSPS) is 27.6. The average Bonchev–Trinajstić information content (AvgIpc) is 2.21. The molecule has 1 saturated heterocycles. The minimum absolute atomic E-state index is 0.170. The van der Waals surface area contributed by atoms with Gasteiger partial charge in [-0.15, -0.1) is 0 Å². The van der Waals surface area contributed by atoms with Crippen LogP contribution in [0.2, 0.25) is 5.02 Å². The molecular formula is C11H14ClNO. The predicted molar refractivity (Wildman–Crippen MR) is 57.6 cm³/mol. The number of rotatable bonds is 1. The van der Waals surface area contributed by atoms with E-state index in [0.717, 1.165) is 18.2 Å². The Bertz CT molecular complexity index is 291. The zero-order chi connectivity index (χ0) is 9.97. The van der Waals surface area contributed by atoms with Gasteiger partial charge in [-0.25, -0.2) is 0 Å². The smallest absolute Gasteiger partial charge is 0.0950 e. The summed E-state index contributed by atoms with van der Waals surface area (Å²) in [5, 5.41) is 4.16. The largest absolute Gasteiger partial charge is 0.371 e. The van der Waals surface area contributed by atoms with Crippen LogP contribution in [-0.4, -0.2) is 19.2 Å². The van der Waals surface area contributed by atoms with E-state index in [-0.39, 0.29) is 6.10 Å². The molecule has 0 saturated carbocycles. The first-order valence-corrected chi connectivity index (χ1v) is 5.24. The van der Waals surface area contributed by atoms with E-state index in [1.165, 1.54) is 5.56 Å². The number of nitrogens with one attached hydrogen (secondary N) is 1. The lowest BCUT2D eigenvalue weighted by molar-refractivity contribution is 0.00695. The van der Waals surface area contributed by atoms with Crippen molar-refractivity contribution in [3.63, 3.8) is 0 Å². The lowest BCUT2D eigenvalue weighted by Gasteiger charge is -2.28. The van der Waals surface area contributed by atoms with E-state index in [1.807, 2.05) is 24.3 Å². The van der Waals surface area contributed by atoms with Crippen molar-refractivity contribution in [3.8, 4) is 0 Å². The number of morpholine rings is 1. The van der Waals surface area contributed by atoms with Crippen molar-refractivity contribution in [2.75, 3.05) is 13.2 Å². The fraction of sp³-hybridized carbons (Fsp3) is 0.455. The van der Waals surface area contributed by atoms with Crippen LogP contribution in [0.4, 0.5) is 0 Å². The lowest BCUT2D eigenvalue weighted by Crippen LogP contribution is -2.40. The van der Waals surface area contributed by atoms with Gasteiger partial charge in [-0.2, -0.15) is 0 Å². The highest BCUT2D eigenvalue weighted by Crippen LogP contribution is 2.21. The molecule has 0 radical (unpaired) electrons. The van der Waals surface area contributed by atoms with Gasteiger partial charge in [-0.05, 0) is 24.6 Å². The molecule has 0 aromatic heterocycles. The predicted octanol–water partition coefficient (Wildman–Crippen LogP) is 2.39. The third-order valence-electron chi connectivity index (χ3n) is 2.44. The van der Waals surface area contributed by atoms with Crippen molar-refractivity contribution in [3.05, 3.63) is 34.9 Å². The van der Waals surface area contributed by atoms with E-state index in [0.29, 0.717) is 6.04 Å². The Morgan fingerprint density at radius 3 is 2.64 bits per heavy atom. The van der Waals surface area contributed by atoms with Crippen LogP contribution in [-0.2, 0) is 4.74 Å². The number of ether oxygens (including phenoxy) is 1. The van der Waals surface area contributed by atoms with Gasteiger partial charge in [0.2, 0.25) is 0 Å². The van der Waals surface area contributed by atoms with Crippen molar-refractivity contribution in [2.24, 2.45) is 0 Å². The monoisotopic (exact) mass is 211 g/mol. The van der Waals surface area contributed by atoms with E-state index in [9.17, 15) is 0 Å². The fourth-order valence-corrected chi connectivity index (χ4v) is 1.70.